The molecule has 1 fully saturated rings. The van der Waals surface area contributed by atoms with Crippen molar-refractivity contribution in [2.24, 2.45) is 0 Å². The first-order chi connectivity index (χ1) is 8.22. The van der Waals surface area contributed by atoms with Gasteiger partial charge in [-0.05, 0) is 43.0 Å². The highest BCUT2D eigenvalue weighted by atomic mass is 35.5. The molecule has 1 aromatic rings. The monoisotopic (exact) mass is 270 g/mol. The number of hydrogen-bond donors (Lipinski definition) is 1. The lowest BCUT2D eigenvalue weighted by molar-refractivity contribution is 0.692. The second-order valence-corrected chi connectivity index (χ2v) is 6.02. The third-order valence-electron chi connectivity index (χ3n) is 3.24. The van der Waals surface area contributed by atoms with Gasteiger partial charge < -0.3 is 10.2 Å². The first-order valence-corrected chi connectivity index (χ1v) is 7.49. The molecule has 0 bridgehead atoms. The van der Waals surface area contributed by atoms with Crippen LogP contribution in [0.5, 0.6) is 0 Å². The summed E-state index contributed by atoms with van der Waals surface area (Å²) in [6.45, 7) is 0.861. The van der Waals surface area contributed by atoms with Gasteiger partial charge in [0.15, 0.2) is 0 Å². The zero-order valence-corrected chi connectivity index (χ0v) is 11.9. The van der Waals surface area contributed by atoms with E-state index < -0.39 is 0 Å². The minimum absolute atomic E-state index is 0.664. The maximum absolute atomic E-state index is 6.07. The number of nitrogens with zero attached hydrogens (tertiary/aromatic N) is 1. The van der Waals surface area contributed by atoms with Crippen molar-refractivity contribution >= 4 is 29.1 Å². The van der Waals surface area contributed by atoms with Crippen molar-refractivity contribution in [1.29, 1.82) is 0 Å². The highest BCUT2D eigenvalue weighted by Crippen LogP contribution is 2.29. The average Bonchev–Trinajstić information content (AvgIpc) is 2.82. The minimum atomic E-state index is 0.664. The predicted molar refractivity (Wildman–Crippen MR) is 78.3 cm³/mol. The van der Waals surface area contributed by atoms with Crippen molar-refractivity contribution < 1.29 is 0 Å². The van der Waals surface area contributed by atoms with Crippen molar-refractivity contribution in [3.8, 4) is 0 Å². The van der Waals surface area contributed by atoms with E-state index >= 15 is 0 Å². The van der Waals surface area contributed by atoms with E-state index in [1.54, 1.807) is 0 Å². The number of rotatable bonds is 4. The molecule has 1 aromatic carbocycles. The van der Waals surface area contributed by atoms with E-state index in [-0.39, 0.29) is 0 Å². The van der Waals surface area contributed by atoms with Crippen molar-refractivity contribution in [2.75, 3.05) is 30.5 Å². The molecule has 2 nitrogen and oxygen atoms in total. The Balaban J connectivity index is 2.23. The van der Waals surface area contributed by atoms with Crippen LogP contribution in [0.25, 0.3) is 0 Å². The Morgan fingerprint density at radius 1 is 1.53 bits per heavy atom. The fourth-order valence-corrected chi connectivity index (χ4v) is 3.72. The Morgan fingerprint density at radius 2 is 2.35 bits per heavy atom. The Hall–Kier alpha value is -0.380. The fourth-order valence-electron chi connectivity index (χ4n) is 2.25. The van der Waals surface area contributed by atoms with Gasteiger partial charge in [-0.1, -0.05) is 11.6 Å². The fraction of sp³-hybridized carbons (Fsp3) is 0.538. The van der Waals surface area contributed by atoms with Gasteiger partial charge in [0.2, 0.25) is 0 Å². The van der Waals surface area contributed by atoms with Gasteiger partial charge in [0.05, 0.1) is 0 Å². The van der Waals surface area contributed by atoms with E-state index in [1.807, 2.05) is 24.9 Å². The highest BCUT2D eigenvalue weighted by molar-refractivity contribution is 7.99. The third kappa shape index (κ3) is 3.09. The molecule has 1 saturated heterocycles. The molecule has 1 atom stereocenters. The van der Waals surface area contributed by atoms with Gasteiger partial charge in [-0.3, -0.25) is 0 Å². The Kier molecular flexibility index (Phi) is 4.60. The Labute approximate surface area is 113 Å². The number of nitrogens with one attached hydrogen (secondary N) is 1. The highest BCUT2D eigenvalue weighted by Gasteiger charge is 2.21. The maximum atomic E-state index is 6.07. The lowest BCUT2D eigenvalue weighted by atomic mass is 10.1. The predicted octanol–water partition coefficient (Wildman–Crippen LogP) is 3.00. The van der Waals surface area contributed by atoms with Gasteiger partial charge in [-0.2, -0.15) is 11.8 Å². The van der Waals surface area contributed by atoms with Crippen LogP contribution in [0.2, 0.25) is 5.02 Å². The van der Waals surface area contributed by atoms with Crippen LogP contribution >= 0.6 is 23.4 Å². The van der Waals surface area contributed by atoms with Crippen LogP contribution in [0.1, 0.15) is 12.0 Å². The molecular weight excluding hydrogens is 252 g/mol. The molecule has 0 aromatic heterocycles. The summed E-state index contributed by atoms with van der Waals surface area (Å²) in [6.07, 6.45) is 1.28. The molecule has 0 saturated carbocycles. The van der Waals surface area contributed by atoms with Crippen molar-refractivity contribution in [3.05, 3.63) is 28.8 Å². The molecule has 0 radical (unpaired) electrons. The Bertz CT molecular complexity index is 378. The van der Waals surface area contributed by atoms with Crippen molar-refractivity contribution in [2.45, 2.75) is 19.0 Å². The number of anilines is 1. The van der Waals surface area contributed by atoms with E-state index in [0.717, 1.165) is 11.6 Å². The molecule has 1 N–H and O–H groups in total. The maximum Gasteiger partial charge on any atom is 0.0413 e. The molecule has 0 spiro atoms. The first kappa shape index (κ1) is 13.1. The summed E-state index contributed by atoms with van der Waals surface area (Å²) in [4.78, 5) is 2.41. The zero-order chi connectivity index (χ0) is 12.3. The van der Waals surface area contributed by atoms with Crippen LogP contribution in [0.3, 0.4) is 0 Å². The SMILES string of the molecule is CNCc1cc(Cl)ccc1N(C)C1CCSC1. The molecule has 0 amide bonds. The molecule has 4 heteroatoms. The summed E-state index contributed by atoms with van der Waals surface area (Å²) >= 11 is 8.11. The van der Waals surface area contributed by atoms with Gasteiger partial charge in [0, 0.05) is 36.1 Å². The van der Waals surface area contributed by atoms with Crippen LogP contribution in [0.15, 0.2) is 18.2 Å². The smallest absolute Gasteiger partial charge is 0.0413 e. The summed E-state index contributed by atoms with van der Waals surface area (Å²) in [5.41, 5.74) is 2.58. The minimum Gasteiger partial charge on any atom is -0.370 e. The Morgan fingerprint density at radius 3 is 3.00 bits per heavy atom. The molecule has 1 heterocycles. The summed E-state index contributed by atoms with van der Waals surface area (Å²) in [7, 11) is 4.16. The second kappa shape index (κ2) is 5.98. The molecule has 94 valence electrons. The molecule has 0 aliphatic carbocycles. The molecular formula is C13H19ClN2S. The van der Waals surface area contributed by atoms with Gasteiger partial charge in [-0.15, -0.1) is 0 Å². The molecule has 2 rings (SSSR count). The first-order valence-electron chi connectivity index (χ1n) is 5.96. The summed E-state index contributed by atoms with van der Waals surface area (Å²) in [5, 5.41) is 4.02. The summed E-state index contributed by atoms with van der Waals surface area (Å²) < 4.78 is 0. The van der Waals surface area contributed by atoms with Gasteiger partial charge in [0.25, 0.3) is 0 Å². The van der Waals surface area contributed by atoms with Crippen molar-refractivity contribution in [3.63, 3.8) is 0 Å². The van der Waals surface area contributed by atoms with Gasteiger partial charge >= 0.3 is 0 Å². The topological polar surface area (TPSA) is 15.3 Å². The zero-order valence-electron chi connectivity index (χ0n) is 10.4. The van der Waals surface area contributed by atoms with Crippen molar-refractivity contribution in [1.82, 2.24) is 5.32 Å². The van der Waals surface area contributed by atoms with Gasteiger partial charge in [0.1, 0.15) is 0 Å². The molecule has 1 unspecified atom stereocenters. The standard InChI is InChI=1S/C13H19ClN2S/c1-15-8-10-7-11(14)3-4-13(10)16(2)12-5-6-17-9-12/h3-4,7,12,15H,5-6,8-9H2,1-2H3. The molecule has 17 heavy (non-hydrogen) atoms. The summed E-state index contributed by atoms with van der Waals surface area (Å²) in [6, 6.07) is 6.84. The summed E-state index contributed by atoms with van der Waals surface area (Å²) in [5.74, 6) is 2.52. The number of thioether (sulfide) groups is 1. The molecule has 1 aliphatic rings. The van der Waals surface area contributed by atoms with Crippen LogP contribution < -0.4 is 10.2 Å². The lowest BCUT2D eigenvalue weighted by Gasteiger charge is -2.28. The third-order valence-corrected chi connectivity index (χ3v) is 4.62. The van der Waals surface area contributed by atoms with E-state index in [9.17, 15) is 0 Å². The van der Waals surface area contributed by atoms with Crippen LogP contribution in [-0.2, 0) is 6.54 Å². The van der Waals surface area contributed by atoms with Crippen LogP contribution in [0, 0.1) is 0 Å². The van der Waals surface area contributed by atoms with E-state index in [0.29, 0.717) is 6.04 Å². The lowest BCUT2D eigenvalue weighted by Crippen LogP contribution is -2.32. The van der Waals surface area contributed by atoms with Crippen LogP contribution in [-0.4, -0.2) is 31.6 Å². The quantitative estimate of drug-likeness (QED) is 0.906. The average molecular weight is 271 g/mol. The second-order valence-electron chi connectivity index (χ2n) is 4.43. The van der Waals surface area contributed by atoms with E-state index in [1.165, 1.54) is 29.2 Å². The number of hydrogen-bond acceptors (Lipinski definition) is 3. The number of halogens is 1. The number of benzene rings is 1. The van der Waals surface area contributed by atoms with E-state index in [2.05, 4.69) is 29.4 Å². The molecule has 1 aliphatic heterocycles. The normalized spacial score (nSPS) is 19.6. The largest absolute Gasteiger partial charge is 0.370 e. The van der Waals surface area contributed by atoms with E-state index in [4.69, 9.17) is 11.6 Å². The van der Waals surface area contributed by atoms with Gasteiger partial charge in [-0.25, -0.2) is 0 Å². The van der Waals surface area contributed by atoms with Crippen LogP contribution in [0.4, 0.5) is 5.69 Å².